The summed E-state index contributed by atoms with van der Waals surface area (Å²) >= 11 is 0. The van der Waals surface area contributed by atoms with E-state index in [9.17, 15) is 18.4 Å². The fraction of sp³-hybridized carbons (Fsp3) is 0.250. The average Bonchev–Trinajstić information content (AvgIpc) is 3.11. The standard InChI is InChI=1S/C20H19F2N3O3/c1-12-10-11-25(24-12)15-8-6-14(7-9-15)20(27)28-13(2)19(26)23-18-16(21)4-3-5-17(18)22/h3-9,13H,10-11H2,1-2H3,(H,23,26). The van der Waals surface area contributed by atoms with Crippen LogP contribution in [-0.2, 0) is 9.53 Å². The van der Waals surface area contributed by atoms with E-state index in [-0.39, 0.29) is 5.56 Å². The zero-order chi connectivity index (χ0) is 20.3. The molecule has 0 radical (unpaired) electrons. The van der Waals surface area contributed by atoms with Crippen molar-refractivity contribution < 1.29 is 23.1 Å². The predicted octanol–water partition coefficient (Wildman–Crippen LogP) is 3.73. The number of esters is 1. The lowest BCUT2D eigenvalue weighted by molar-refractivity contribution is -0.123. The third-order valence-electron chi connectivity index (χ3n) is 4.24. The second-order valence-electron chi connectivity index (χ2n) is 6.39. The molecule has 8 heteroatoms. The molecule has 2 aromatic rings. The minimum atomic E-state index is -1.24. The third kappa shape index (κ3) is 4.33. The van der Waals surface area contributed by atoms with Gasteiger partial charge < -0.3 is 10.1 Å². The number of hydrogen-bond donors (Lipinski definition) is 1. The van der Waals surface area contributed by atoms with E-state index in [1.54, 1.807) is 24.3 Å². The largest absolute Gasteiger partial charge is 0.449 e. The number of benzene rings is 2. The van der Waals surface area contributed by atoms with Gasteiger partial charge in [0.1, 0.15) is 17.3 Å². The normalized spacial score (nSPS) is 14.4. The number of ether oxygens (including phenoxy) is 1. The number of amides is 1. The molecule has 1 heterocycles. The van der Waals surface area contributed by atoms with Gasteiger partial charge in [-0.3, -0.25) is 9.80 Å². The first-order chi connectivity index (χ1) is 13.3. The summed E-state index contributed by atoms with van der Waals surface area (Å²) in [6.45, 7) is 4.05. The number of nitrogens with zero attached hydrogens (tertiary/aromatic N) is 2. The summed E-state index contributed by atoms with van der Waals surface area (Å²) in [5.41, 5.74) is 1.55. The Morgan fingerprint density at radius 2 is 1.79 bits per heavy atom. The molecule has 0 aromatic heterocycles. The maximum absolute atomic E-state index is 13.6. The lowest BCUT2D eigenvalue weighted by atomic mass is 10.2. The van der Waals surface area contributed by atoms with E-state index in [1.165, 1.54) is 13.0 Å². The number of hydrazone groups is 1. The Kier molecular flexibility index (Phi) is 5.67. The molecule has 1 aliphatic rings. The van der Waals surface area contributed by atoms with Crippen molar-refractivity contribution in [3.05, 3.63) is 59.7 Å². The summed E-state index contributed by atoms with van der Waals surface area (Å²) in [6, 6.07) is 9.83. The molecule has 0 saturated carbocycles. The van der Waals surface area contributed by atoms with Crippen LogP contribution in [0.1, 0.15) is 30.6 Å². The molecule has 0 saturated heterocycles. The third-order valence-corrected chi connectivity index (χ3v) is 4.24. The van der Waals surface area contributed by atoms with Gasteiger partial charge in [-0.25, -0.2) is 13.6 Å². The molecular formula is C20H19F2N3O3. The Balaban J connectivity index is 1.61. The number of carbonyl (C=O) groups excluding carboxylic acids is 2. The summed E-state index contributed by atoms with van der Waals surface area (Å²) in [7, 11) is 0. The van der Waals surface area contributed by atoms with Crippen LogP contribution in [0.5, 0.6) is 0 Å². The van der Waals surface area contributed by atoms with Gasteiger partial charge >= 0.3 is 5.97 Å². The van der Waals surface area contributed by atoms with Crippen LogP contribution in [0, 0.1) is 11.6 Å². The molecule has 1 amide bonds. The van der Waals surface area contributed by atoms with Gasteiger partial charge in [-0.1, -0.05) is 6.07 Å². The van der Waals surface area contributed by atoms with Crippen LogP contribution in [-0.4, -0.2) is 30.2 Å². The predicted molar refractivity (Wildman–Crippen MR) is 101 cm³/mol. The van der Waals surface area contributed by atoms with Crippen molar-refractivity contribution >= 4 is 29.0 Å². The Morgan fingerprint density at radius 3 is 2.36 bits per heavy atom. The molecule has 6 nitrogen and oxygen atoms in total. The summed E-state index contributed by atoms with van der Waals surface area (Å²) in [5, 5.41) is 8.31. The summed E-state index contributed by atoms with van der Waals surface area (Å²) in [4.78, 5) is 24.3. The van der Waals surface area contributed by atoms with Crippen LogP contribution >= 0.6 is 0 Å². The highest BCUT2D eigenvalue weighted by atomic mass is 19.1. The molecule has 1 atom stereocenters. The topological polar surface area (TPSA) is 71.0 Å². The van der Waals surface area contributed by atoms with Crippen LogP contribution in [0.25, 0.3) is 0 Å². The average molecular weight is 387 g/mol. The van der Waals surface area contributed by atoms with Crippen molar-refractivity contribution in [1.29, 1.82) is 0 Å². The SMILES string of the molecule is CC1=NN(c2ccc(C(=O)OC(C)C(=O)Nc3c(F)cccc3F)cc2)CC1. The Hall–Kier alpha value is -3.29. The van der Waals surface area contributed by atoms with Gasteiger partial charge in [0, 0.05) is 18.7 Å². The van der Waals surface area contributed by atoms with Crippen LogP contribution in [0.2, 0.25) is 0 Å². The number of nitrogens with one attached hydrogen (secondary N) is 1. The van der Waals surface area contributed by atoms with Gasteiger partial charge in [-0.05, 0) is 50.2 Å². The van der Waals surface area contributed by atoms with E-state index in [1.807, 2.05) is 11.9 Å². The molecule has 0 spiro atoms. The molecule has 1 unspecified atom stereocenters. The van der Waals surface area contributed by atoms with E-state index < -0.39 is 35.3 Å². The highest BCUT2D eigenvalue weighted by molar-refractivity contribution is 5.97. The first-order valence-electron chi connectivity index (χ1n) is 8.72. The van der Waals surface area contributed by atoms with Crippen molar-refractivity contribution in [3.63, 3.8) is 0 Å². The number of rotatable bonds is 5. The molecule has 1 aliphatic heterocycles. The molecule has 146 valence electrons. The van der Waals surface area contributed by atoms with Crippen molar-refractivity contribution in [2.45, 2.75) is 26.4 Å². The molecular weight excluding hydrogens is 368 g/mol. The van der Waals surface area contributed by atoms with Crippen molar-refractivity contribution in [1.82, 2.24) is 0 Å². The van der Waals surface area contributed by atoms with Gasteiger partial charge in [-0.15, -0.1) is 0 Å². The Bertz CT molecular complexity index is 909. The summed E-state index contributed by atoms with van der Waals surface area (Å²) < 4.78 is 32.3. The molecule has 0 bridgehead atoms. The fourth-order valence-electron chi connectivity index (χ4n) is 2.65. The smallest absolute Gasteiger partial charge is 0.338 e. The van der Waals surface area contributed by atoms with Crippen molar-refractivity contribution in [2.75, 3.05) is 16.9 Å². The van der Waals surface area contributed by atoms with E-state index >= 15 is 0 Å². The highest BCUT2D eigenvalue weighted by Gasteiger charge is 2.22. The summed E-state index contributed by atoms with van der Waals surface area (Å²) in [5.74, 6) is -3.38. The monoisotopic (exact) mass is 387 g/mol. The maximum atomic E-state index is 13.6. The lowest BCUT2D eigenvalue weighted by Gasteiger charge is -2.16. The van der Waals surface area contributed by atoms with Crippen molar-refractivity contribution in [3.8, 4) is 0 Å². The maximum Gasteiger partial charge on any atom is 0.338 e. The van der Waals surface area contributed by atoms with E-state index in [4.69, 9.17) is 4.74 Å². The molecule has 28 heavy (non-hydrogen) atoms. The van der Waals surface area contributed by atoms with E-state index in [2.05, 4.69) is 10.4 Å². The van der Waals surface area contributed by atoms with Crippen LogP contribution < -0.4 is 10.3 Å². The number of halogens is 2. The van der Waals surface area contributed by atoms with Crippen LogP contribution in [0.3, 0.4) is 0 Å². The van der Waals surface area contributed by atoms with Crippen molar-refractivity contribution in [2.24, 2.45) is 5.10 Å². The Labute approximate surface area is 160 Å². The van der Waals surface area contributed by atoms with E-state index in [0.29, 0.717) is 0 Å². The van der Waals surface area contributed by atoms with E-state index in [0.717, 1.165) is 36.5 Å². The van der Waals surface area contributed by atoms with Crippen LogP contribution in [0.15, 0.2) is 47.6 Å². The van der Waals surface area contributed by atoms with Gasteiger partial charge in [0.15, 0.2) is 6.10 Å². The molecule has 0 fully saturated rings. The molecule has 2 aromatic carbocycles. The quantitative estimate of drug-likeness (QED) is 0.794. The number of para-hydroxylation sites is 1. The second kappa shape index (κ2) is 8.16. The molecule has 1 N–H and O–H groups in total. The number of anilines is 2. The summed E-state index contributed by atoms with van der Waals surface area (Å²) in [6.07, 6.45) is -0.351. The van der Waals surface area contributed by atoms with Crippen LogP contribution in [0.4, 0.5) is 20.2 Å². The van der Waals surface area contributed by atoms with Gasteiger partial charge in [0.25, 0.3) is 5.91 Å². The first kappa shape index (κ1) is 19.5. The lowest BCUT2D eigenvalue weighted by Crippen LogP contribution is -2.30. The highest BCUT2D eigenvalue weighted by Crippen LogP contribution is 2.21. The van der Waals surface area contributed by atoms with Gasteiger partial charge in [0.2, 0.25) is 0 Å². The number of carbonyl (C=O) groups is 2. The Morgan fingerprint density at radius 1 is 1.14 bits per heavy atom. The number of hydrogen-bond acceptors (Lipinski definition) is 5. The molecule has 3 rings (SSSR count). The second-order valence-corrected chi connectivity index (χ2v) is 6.39. The zero-order valence-electron chi connectivity index (χ0n) is 15.4. The minimum absolute atomic E-state index is 0.250. The zero-order valence-corrected chi connectivity index (χ0v) is 15.4. The first-order valence-corrected chi connectivity index (χ1v) is 8.72. The fourth-order valence-corrected chi connectivity index (χ4v) is 2.65. The minimum Gasteiger partial charge on any atom is -0.449 e. The van der Waals surface area contributed by atoms with Gasteiger partial charge in [0.05, 0.1) is 11.3 Å². The molecule has 0 aliphatic carbocycles. The van der Waals surface area contributed by atoms with Gasteiger partial charge in [-0.2, -0.15) is 5.10 Å².